The lowest BCUT2D eigenvalue weighted by Gasteiger charge is -2.09. The van der Waals surface area contributed by atoms with Gasteiger partial charge < -0.3 is 0 Å². The lowest BCUT2D eigenvalue weighted by molar-refractivity contribution is 0.103. The monoisotopic (exact) mass is 418 g/mol. The molecule has 3 heteroatoms. The zero-order chi connectivity index (χ0) is 21.8. The van der Waals surface area contributed by atoms with Gasteiger partial charge in [-0.3, -0.25) is 4.79 Å². The molecule has 0 aliphatic heterocycles. The molecule has 0 aliphatic rings. The van der Waals surface area contributed by atoms with Gasteiger partial charge >= 0.3 is 0 Å². The van der Waals surface area contributed by atoms with E-state index >= 15 is 0 Å². The smallest absolute Gasteiger partial charge is 0.193 e. The Morgan fingerprint density at radius 1 is 0.438 bits per heavy atom. The molecule has 0 radical (unpaired) electrons. The van der Waals surface area contributed by atoms with Crippen molar-refractivity contribution < 1.29 is 13.6 Å². The first-order chi connectivity index (χ1) is 15.6. The summed E-state index contributed by atoms with van der Waals surface area (Å²) in [5.74, 6) is -0.595. The number of hydrogen-bond acceptors (Lipinski definition) is 1. The average Bonchev–Trinajstić information content (AvgIpc) is 2.82. The summed E-state index contributed by atoms with van der Waals surface area (Å²) in [5, 5.41) is 7.41. The number of benzene rings is 6. The summed E-state index contributed by atoms with van der Waals surface area (Å²) in [7, 11) is 0. The van der Waals surface area contributed by atoms with E-state index in [1.165, 1.54) is 24.3 Å². The fourth-order valence-electron chi connectivity index (χ4n) is 4.53. The summed E-state index contributed by atoms with van der Waals surface area (Å²) < 4.78 is 27.1. The van der Waals surface area contributed by atoms with Crippen LogP contribution in [0.1, 0.15) is 15.9 Å². The molecular formula is C29H16F2O. The largest absolute Gasteiger partial charge is 0.289 e. The minimum absolute atomic E-state index is 0.0628. The second kappa shape index (κ2) is 6.96. The maximum Gasteiger partial charge on any atom is 0.193 e. The van der Waals surface area contributed by atoms with Crippen LogP contribution < -0.4 is 0 Å². The van der Waals surface area contributed by atoms with Gasteiger partial charge in [0.25, 0.3) is 0 Å². The summed E-state index contributed by atoms with van der Waals surface area (Å²) in [6, 6.07) is 28.3. The van der Waals surface area contributed by atoms with E-state index in [1.54, 1.807) is 12.1 Å². The van der Waals surface area contributed by atoms with E-state index in [-0.39, 0.29) is 17.4 Å². The highest BCUT2D eigenvalue weighted by molar-refractivity contribution is 6.16. The Bertz CT molecular complexity index is 1590. The van der Waals surface area contributed by atoms with E-state index in [2.05, 4.69) is 0 Å². The molecule has 0 unspecified atom stereocenters. The number of ketones is 1. The van der Waals surface area contributed by atoms with Crippen LogP contribution >= 0.6 is 0 Å². The second-order valence-corrected chi connectivity index (χ2v) is 8.06. The quantitative estimate of drug-likeness (QED) is 0.207. The Morgan fingerprint density at radius 3 is 1.19 bits per heavy atom. The first-order valence-corrected chi connectivity index (χ1v) is 10.4. The number of carbonyl (C=O) groups is 1. The van der Waals surface area contributed by atoms with E-state index < -0.39 is 0 Å². The van der Waals surface area contributed by atoms with Crippen molar-refractivity contribution in [1.29, 1.82) is 0 Å². The summed E-state index contributed by atoms with van der Waals surface area (Å²) >= 11 is 0. The highest BCUT2D eigenvalue weighted by Crippen LogP contribution is 2.30. The molecule has 0 spiro atoms. The van der Waals surface area contributed by atoms with Crippen LogP contribution in [-0.2, 0) is 0 Å². The van der Waals surface area contributed by atoms with Gasteiger partial charge in [0.05, 0.1) is 0 Å². The number of carbonyl (C=O) groups excluding carboxylic acids is 1. The third-order valence-corrected chi connectivity index (χ3v) is 6.12. The van der Waals surface area contributed by atoms with Crippen molar-refractivity contribution in [1.82, 2.24) is 0 Å². The molecule has 6 aromatic rings. The van der Waals surface area contributed by atoms with Crippen LogP contribution in [0.4, 0.5) is 8.78 Å². The van der Waals surface area contributed by atoms with E-state index in [9.17, 15) is 13.6 Å². The fraction of sp³-hybridized carbons (Fsp3) is 0. The number of rotatable bonds is 2. The van der Waals surface area contributed by atoms with Crippen LogP contribution in [0.2, 0.25) is 0 Å². The minimum atomic E-state index is -0.266. The Morgan fingerprint density at radius 2 is 0.781 bits per heavy atom. The van der Waals surface area contributed by atoms with E-state index in [0.717, 1.165) is 43.1 Å². The van der Waals surface area contributed by atoms with Gasteiger partial charge in [-0.25, -0.2) is 8.78 Å². The van der Waals surface area contributed by atoms with Crippen molar-refractivity contribution in [2.75, 3.05) is 0 Å². The molecule has 0 saturated carbocycles. The summed E-state index contributed by atoms with van der Waals surface area (Å²) in [6.45, 7) is 0. The Kier molecular flexibility index (Phi) is 4.05. The van der Waals surface area contributed by atoms with Gasteiger partial charge in [0.1, 0.15) is 11.6 Å². The summed E-state index contributed by atoms with van der Waals surface area (Å²) in [4.78, 5) is 13.3. The van der Waals surface area contributed by atoms with E-state index in [1.807, 2.05) is 60.7 Å². The van der Waals surface area contributed by atoms with E-state index in [4.69, 9.17) is 0 Å². The van der Waals surface area contributed by atoms with Gasteiger partial charge in [-0.2, -0.15) is 0 Å². The molecule has 0 bridgehead atoms. The van der Waals surface area contributed by atoms with Gasteiger partial charge in [0.2, 0.25) is 0 Å². The van der Waals surface area contributed by atoms with Gasteiger partial charge in [0, 0.05) is 11.1 Å². The maximum atomic E-state index is 13.5. The van der Waals surface area contributed by atoms with Gasteiger partial charge in [0.15, 0.2) is 5.78 Å². The molecule has 152 valence electrons. The first kappa shape index (κ1) is 18.6. The SMILES string of the molecule is O=C(c1ccc2c(ccc3cc(F)ccc32)c1)c1ccc2c(ccc3cc(F)ccc32)c1. The van der Waals surface area contributed by atoms with Crippen molar-refractivity contribution in [3.8, 4) is 0 Å². The van der Waals surface area contributed by atoms with Crippen molar-refractivity contribution in [3.63, 3.8) is 0 Å². The van der Waals surface area contributed by atoms with Crippen LogP contribution in [0, 0.1) is 11.6 Å². The zero-order valence-corrected chi connectivity index (χ0v) is 16.9. The summed E-state index contributed by atoms with van der Waals surface area (Å²) in [6.07, 6.45) is 0. The molecule has 0 aliphatic carbocycles. The van der Waals surface area contributed by atoms with Crippen LogP contribution in [-0.4, -0.2) is 5.78 Å². The fourth-order valence-corrected chi connectivity index (χ4v) is 4.53. The number of fused-ring (bicyclic) bond motifs is 6. The average molecular weight is 418 g/mol. The van der Waals surface area contributed by atoms with Crippen molar-refractivity contribution >= 4 is 48.9 Å². The molecule has 6 aromatic carbocycles. The Labute approximate surface area is 182 Å². The second-order valence-electron chi connectivity index (χ2n) is 8.06. The van der Waals surface area contributed by atoms with Gasteiger partial charge in [-0.05, 0) is 79.5 Å². The maximum absolute atomic E-state index is 13.5. The molecule has 32 heavy (non-hydrogen) atoms. The Balaban J connectivity index is 1.44. The first-order valence-electron chi connectivity index (χ1n) is 10.4. The predicted molar refractivity (Wildman–Crippen MR) is 126 cm³/mol. The molecule has 0 amide bonds. The van der Waals surface area contributed by atoms with Crippen molar-refractivity contribution in [3.05, 3.63) is 120 Å². The summed E-state index contributed by atoms with van der Waals surface area (Å²) in [5.41, 5.74) is 1.20. The third kappa shape index (κ3) is 2.94. The minimum Gasteiger partial charge on any atom is -0.289 e. The molecular weight excluding hydrogens is 402 g/mol. The van der Waals surface area contributed by atoms with Crippen LogP contribution in [0.15, 0.2) is 97.1 Å². The molecule has 0 saturated heterocycles. The number of halogens is 2. The molecule has 0 fully saturated rings. The molecule has 0 aromatic heterocycles. The predicted octanol–water partition coefficient (Wildman–Crippen LogP) is 7.81. The highest BCUT2D eigenvalue weighted by atomic mass is 19.1. The number of hydrogen-bond donors (Lipinski definition) is 0. The van der Waals surface area contributed by atoms with Crippen LogP contribution in [0.5, 0.6) is 0 Å². The van der Waals surface area contributed by atoms with Gasteiger partial charge in [-0.1, -0.05) is 60.7 Å². The van der Waals surface area contributed by atoms with Gasteiger partial charge in [-0.15, -0.1) is 0 Å². The van der Waals surface area contributed by atoms with Crippen LogP contribution in [0.25, 0.3) is 43.1 Å². The lowest BCUT2D eigenvalue weighted by atomic mass is 9.94. The third-order valence-electron chi connectivity index (χ3n) is 6.12. The van der Waals surface area contributed by atoms with Crippen molar-refractivity contribution in [2.24, 2.45) is 0 Å². The molecule has 0 N–H and O–H groups in total. The Hall–Kier alpha value is -4.11. The van der Waals surface area contributed by atoms with E-state index in [0.29, 0.717) is 11.1 Å². The molecule has 0 atom stereocenters. The topological polar surface area (TPSA) is 17.1 Å². The molecule has 0 heterocycles. The lowest BCUT2D eigenvalue weighted by Crippen LogP contribution is -2.01. The highest BCUT2D eigenvalue weighted by Gasteiger charge is 2.12. The van der Waals surface area contributed by atoms with Crippen LogP contribution in [0.3, 0.4) is 0 Å². The molecule has 6 rings (SSSR count). The molecule has 1 nitrogen and oxygen atoms in total. The standard InChI is InChI=1S/C29H16F2O/c30-23-7-11-27-19(15-23)3-1-17-13-21(5-9-25(17)27)29(32)22-6-10-26-18(14-22)2-4-20-16-24(31)8-12-28(20)26/h1-16H. The normalized spacial score (nSPS) is 11.6. The van der Waals surface area contributed by atoms with Crippen molar-refractivity contribution in [2.45, 2.75) is 0 Å². The zero-order valence-electron chi connectivity index (χ0n) is 16.9.